The van der Waals surface area contributed by atoms with Crippen LogP contribution in [0.2, 0.25) is 5.02 Å². The summed E-state index contributed by atoms with van der Waals surface area (Å²) in [6.45, 7) is 4.03. The lowest BCUT2D eigenvalue weighted by molar-refractivity contribution is 0.115. The van der Waals surface area contributed by atoms with Crippen molar-refractivity contribution in [3.63, 3.8) is 0 Å². The summed E-state index contributed by atoms with van der Waals surface area (Å²) < 4.78 is 5.69. The van der Waals surface area contributed by atoms with E-state index < -0.39 is 0 Å². The number of hydrogen-bond donors (Lipinski definition) is 1. The van der Waals surface area contributed by atoms with Crippen LogP contribution in [-0.2, 0) is 6.42 Å². The SMILES string of the molecule is CC(C)C(O)CCc1cc2cccc(Cl)c2o1. The maximum Gasteiger partial charge on any atom is 0.152 e. The highest BCUT2D eigenvalue weighted by Crippen LogP contribution is 2.27. The third-order valence-electron chi connectivity index (χ3n) is 3.00. The molecular weight excluding hydrogens is 236 g/mol. The van der Waals surface area contributed by atoms with Gasteiger partial charge in [0.2, 0.25) is 0 Å². The molecule has 3 heteroatoms. The Kier molecular flexibility index (Phi) is 3.75. The number of hydrogen-bond acceptors (Lipinski definition) is 2. The normalized spacial score (nSPS) is 13.5. The first-order valence-corrected chi connectivity index (χ1v) is 6.30. The number of benzene rings is 1. The minimum atomic E-state index is -0.279. The highest BCUT2D eigenvalue weighted by Gasteiger charge is 2.12. The second-order valence-electron chi connectivity index (χ2n) is 4.72. The Balaban J connectivity index is 2.12. The van der Waals surface area contributed by atoms with Crippen molar-refractivity contribution in [3.05, 3.63) is 35.0 Å². The summed E-state index contributed by atoms with van der Waals surface area (Å²) in [4.78, 5) is 0. The molecule has 2 rings (SSSR count). The van der Waals surface area contributed by atoms with Crippen molar-refractivity contribution in [3.8, 4) is 0 Å². The molecule has 17 heavy (non-hydrogen) atoms. The zero-order valence-corrected chi connectivity index (χ0v) is 10.9. The average molecular weight is 253 g/mol. The van der Waals surface area contributed by atoms with Crippen molar-refractivity contribution in [2.24, 2.45) is 5.92 Å². The molecule has 1 atom stereocenters. The van der Waals surface area contributed by atoms with Crippen LogP contribution in [0.3, 0.4) is 0 Å². The third kappa shape index (κ3) is 2.82. The van der Waals surface area contributed by atoms with Gasteiger partial charge in [0, 0.05) is 11.8 Å². The van der Waals surface area contributed by atoms with E-state index in [-0.39, 0.29) is 12.0 Å². The number of para-hydroxylation sites is 1. The molecule has 0 aliphatic rings. The standard InChI is InChI=1S/C14H17ClO2/c1-9(2)13(16)7-6-11-8-10-4-3-5-12(15)14(10)17-11/h3-5,8-9,13,16H,6-7H2,1-2H3. The van der Waals surface area contributed by atoms with Crippen LogP contribution in [0.15, 0.2) is 28.7 Å². The van der Waals surface area contributed by atoms with Crippen LogP contribution in [0.1, 0.15) is 26.0 Å². The van der Waals surface area contributed by atoms with Gasteiger partial charge in [0.25, 0.3) is 0 Å². The molecule has 0 fully saturated rings. The smallest absolute Gasteiger partial charge is 0.152 e. The maximum atomic E-state index is 9.75. The van der Waals surface area contributed by atoms with Gasteiger partial charge in [-0.25, -0.2) is 0 Å². The Hall–Kier alpha value is -0.990. The molecular formula is C14H17ClO2. The summed E-state index contributed by atoms with van der Waals surface area (Å²) in [5.41, 5.74) is 0.739. The van der Waals surface area contributed by atoms with E-state index in [0.717, 1.165) is 29.6 Å². The van der Waals surface area contributed by atoms with Crippen LogP contribution >= 0.6 is 11.6 Å². The second-order valence-corrected chi connectivity index (χ2v) is 5.13. The summed E-state index contributed by atoms with van der Waals surface area (Å²) >= 11 is 6.04. The lowest BCUT2D eigenvalue weighted by Gasteiger charge is -2.12. The molecule has 0 spiro atoms. The van der Waals surface area contributed by atoms with E-state index in [1.807, 2.05) is 38.1 Å². The number of halogens is 1. The number of aliphatic hydroxyl groups is 1. The van der Waals surface area contributed by atoms with Gasteiger partial charge in [-0.05, 0) is 24.5 Å². The van der Waals surface area contributed by atoms with Crippen molar-refractivity contribution in [1.82, 2.24) is 0 Å². The van der Waals surface area contributed by atoms with E-state index in [1.54, 1.807) is 0 Å². The van der Waals surface area contributed by atoms with E-state index in [1.165, 1.54) is 0 Å². The van der Waals surface area contributed by atoms with Crippen LogP contribution in [0.25, 0.3) is 11.0 Å². The number of rotatable bonds is 4. The summed E-state index contributed by atoms with van der Waals surface area (Å²) in [7, 11) is 0. The molecule has 0 aliphatic carbocycles. The van der Waals surface area contributed by atoms with Gasteiger partial charge >= 0.3 is 0 Å². The number of aryl methyl sites for hydroxylation is 1. The molecule has 1 heterocycles. The lowest BCUT2D eigenvalue weighted by atomic mass is 10.0. The second kappa shape index (κ2) is 5.11. The summed E-state index contributed by atoms with van der Waals surface area (Å²) in [6, 6.07) is 7.70. The fourth-order valence-electron chi connectivity index (χ4n) is 1.83. The molecule has 1 unspecified atom stereocenters. The van der Waals surface area contributed by atoms with E-state index in [4.69, 9.17) is 16.0 Å². The van der Waals surface area contributed by atoms with Gasteiger partial charge in [0.1, 0.15) is 5.76 Å². The largest absolute Gasteiger partial charge is 0.460 e. The number of aliphatic hydroxyl groups excluding tert-OH is 1. The molecule has 0 saturated heterocycles. The van der Waals surface area contributed by atoms with Crippen LogP contribution in [0.4, 0.5) is 0 Å². The fraction of sp³-hybridized carbons (Fsp3) is 0.429. The predicted octanol–water partition coefficient (Wildman–Crippen LogP) is 4.04. The Labute approximate surface area is 106 Å². The minimum absolute atomic E-state index is 0.279. The highest BCUT2D eigenvalue weighted by atomic mass is 35.5. The topological polar surface area (TPSA) is 33.4 Å². The zero-order valence-electron chi connectivity index (χ0n) is 10.1. The zero-order chi connectivity index (χ0) is 12.4. The van der Waals surface area contributed by atoms with E-state index >= 15 is 0 Å². The maximum absolute atomic E-state index is 9.75. The van der Waals surface area contributed by atoms with Gasteiger partial charge in [-0.1, -0.05) is 37.6 Å². The summed E-state index contributed by atoms with van der Waals surface area (Å²) in [5.74, 6) is 1.16. The molecule has 0 amide bonds. The van der Waals surface area contributed by atoms with E-state index in [2.05, 4.69) is 0 Å². The molecule has 0 bridgehead atoms. The highest BCUT2D eigenvalue weighted by molar-refractivity contribution is 6.34. The Morgan fingerprint density at radius 2 is 2.12 bits per heavy atom. The van der Waals surface area contributed by atoms with Gasteiger partial charge in [-0.3, -0.25) is 0 Å². The van der Waals surface area contributed by atoms with Gasteiger partial charge in [0.15, 0.2) is 5.58 Å². The summed E-state index contributed by atoms with van der Waals surface area (Å²) in [5, 5.41) is 11.4. The Morgan fingerprint density at radius 1 is 1.35 bits per heavy atom. The van der Waals surface area contributed by atoms with E-state index in [0.29, 0.717) is 5.02 Å². The number of furan rings is 1. The first-order valence-electron chi connectivity index (χ1n) is 5.93. The van der Waals surface area contributed by atoms with Crippen molar-refractivity contribution in [1.29, 1.82) is 0 Å². The molecule has 1 N–H and O–H groups in total. The van der Waals surface area contributed by atoms with E-state index in [9.17, 15) is 5.11 Å². The van der Waals surface area contributed by atoms with Gasteiger partial charge in [0.05, 0.1) is 11.1 Å². The molecule has 1 aromatic carbocycles. The van der Waals surface area contributed by atoms with Crippen molar-refractivity contribution >= 4 is 22.6 Å². The minimum Gasteiger partial charge on any atom is -0.460 e. The fourth-order valence-corrected chi connectivity index (χ4v) is 2.05. The van der Waals surface area contributed by atoms with Crippen LogP contribution in [-0.4, -0.2) is 11.2 Å². The monoisotopic (exact) mass is 252 g/mol. The third-order valence-corrected chi connectivity index (χ3v) is 3.30. The molecule has 1 aromatic heterocycles. The molecule has 0 radical (unpaired) electrons. The molecule has 92 valence electrons. The van der Waals surface area contributed by atoms with Gasteiger partial charge in [-0.2, -0.15) is 0 Å². The first kappa shape index (κ1) is 12.5. The van der Waals surface area contributed by atoms with Crippen molar-refractivity contribution in [2.45, 2.75) is 32.8 Å². The molecule has 0 saturated carbocycles. The molecule has 2 nitrogen and oxygen atoms in total. The first-order chi connectivity index (χ1) is 8.08. The Bertz CT molecular complexity index is 502. The van der Waals surface area contributed by atoms with Gasteiger partial charge in [-0.15, -0.1) is 0 Å². The van der Waals surface area contributed by atoms with Crippen molar-refractivity contribution < 1.29 is 9.52 Å². The molecule has 0 aliphatic heterocycles. The number of fused-ring (bicyclic) bond motifs is 1. The van der Waals surface area contributed by atoms with Crippen LogP contribution < -0.4 is 0 Å². The average Bonchev–Trinajstić information content (AvgIpc) is 2.70. The van der Waals surface area contributed by atoms with Crippen molar-refractivity contribution in [2.75, 3.05) is 0 Å². The van der Waals surface area contributed by atoms with Crippen LogP contribution in [0.5, 0.6) is 0 Å². The summed E-state index contributed by atoms with van der Waals surface area (Å²) in [6.07, 6.45) is 1.18. The lowest BCUT2D eigenvalue weighted by Crippen LogP contribution is -2.15. The van der Waals surface area contributed by atoms with Gasteiger partial charge < -0.3 is 9.52 Å². The quantitative estimate of drug-likeness (QED) is 0.891. The Morgan fingerprint density at radius 3 is 2.76 bits per heavy atom. The van der Waals surface area contributed by atoms with Crippen LogP contribution in [0, 0.1) is 5.92 Å². The predicted molar refractivity (Wildman–Crippen MR) is 70.4 cm³/mol. The molecule has 2 aromatic rings.